The van der Waals surface area contributed by atoms with E-state index in [1.54, 1.807) is 0 Å². The van der Waals surface area contributed by atoms with Crippen molar-refractivity contribution in [3.63, 3.8) is 0 Å². The highest BCUT2D eigenvalue weighted by Crippen LogP contribution is 2.49. The fraction of sp³-hybridized carbons (Fsp3) is 0.727. The number of carbonyl (C=O) groups excluding carboxylic acids is 1. The van der Waals surface area contributed by atoms with Crippen LogP contribution in [0.5, 0.6) is 0 Å². The molecule has 2 aliphatic rings. The van der Waals surface area contributed by atoms with Crippen molar-refractivity contribution in [2.24, 2.45) is 17.3 Å². The van der Waals surface area contributed by atoms with Gasteiger partial charge in [-0.2, -0.15) is 0 Å². The maximum Gasteiger partial charge on any atom is 0.139 e. The van der Waals surface area contributed by atoms with Crippen LogP contribution in [0.3, 0.4) is 0 Å². The zero-order chi connectivity index (χ0) is 8.77. The molecule has 2 aliphatic carbocycles. The van der Waals surface area contributed by atoms with E-state index < -0.39 is 0 Å². The van der Waals surface area contributed by atoms with E-state index in [1.807, 2.05) is 0 Å². The molecule has 0 heterocycles. The molecular formula is C11H16O. The summed E-state index contributed by atoms with van der Waals surface area (Å²) in [5.41, 5.74) is -0.0434. The molecular weight excluding hydrogens is 148 g/mol. The lowest BCUT2D eigenvalue weighted by atomic mass is 9.64. The number of fused-ring (bicyclic) bond motifs is 1. The molecule has 2 rings (SSSR count). The average molecular weight is 164 g/mol. The Balaban J connectivity index is 2.34. The van der Waals surface area contributed by atoms with E-state index in [0.29, 0.717) is 17.6 Å². The minimum Gasteiger partial charge on any atom is -0.299 e. The minimum absolute atomic E-state index is 0.0434. The lowest BCUT2D eigenvalue weighted by molar-refractivity contribution is -0.134. The first-order valence-electron chi connectivity index (χ1n) is 4.87. The Labute approximate surface area is 73.8 Å². The summed E-state index contributed by atoms with van der Waals surface area (Å²) in [6.45, 7) is 4.31. The second kappa shape index (κ2) is 2.45. The number of rotatable bonds is 0. The van der Waals surface area contributed by atoms with Gasteiger partial charge in [0.25, 0.3) is 0 Å². The number of hydrogen-bond donors (Lipinski definition) is 0. The van der Waals surface area contributed by atoms with Gasteiger partial charge in [0.15, 0.2) is 0 Å². The topological polar surface area (TPSA) is 17.1 Å². The van der Waals surface area contributed by atoms with Gasteiger partial charge in [0, 0.05) is 11.8 Å². The summed E-state index contributed by atoms with van der Waals surface area (Å²) >= 11 is 0. The van der Waals surface area contributed by atoms with E-state index in [1.165, 1.54) is 6.42 Å². The molecule has 0 aliphatic heterocycles. The molecule has 12 heavy (non-hydrogen) atoms. The highest BCUT2D eigenvalue weighted by molar-refractivity contribution is 5.87. The van der Waals surface area contributed by atoms with E-state index in [4.69, 9.17) is 0 Å². The van der Waals surface area contributed by atoms with E-state index in [-0.39, 0.29) is 5.41 Å². The summed E-state index contributed by atoms with van der Waals surface area (Å²) in [5, 5.41) is 0. The van der Waals surface area contributed by atoms with Crippen molar-refractivity contribution in [2.45, 2.75) is 33.1 Å². The molecule has 0 amide bonds. The van der Waals surface area contributed by atoms with Gasteiger partial charge >= 0.3 is 0 Å². The number of allylic oxidation sites excluding steroid dienone is 2. The molecule has 1 saturated carbocycles. The van der Waals surface area contributed by atoms with Crippen molar-refractivity contribution in [1.29, 1.82) is 0 Å². The van der Waals surface area contributed by atoms with Gasteiger partial charge in [0.2, 0.25) is 0 Å². The van der Waals surface area contributed by atoms with Gasteiger partial charge in [-0.25, -0.2) is 0 Å². The van der Waals surface area contributed by atoms with Crippen molar-refractivity contribution in [2.75, 3.05) is 0 Å². The molecule has 0 aromatic rings. The first kappa shape index (κ1) is 8.03. The van der Waals surface area contributed by atoms with Crippen molar-refractivity contribution >= 4 is 5.78 Å². The lowest BCUT2D eigenvalue weighted by Gasteiger charge is -2.37. The number of Topliss-reactive ketones (excluding diaryl/α,β-unsaturated/α-hetero) is 1. The smallest absolute Gasteiger partial charge is 0.139 e. The SMILES string of the molecule is C[C@@H]1C=C[C@H]2CCCC(=O)[C@@]12C. The van der Waals surface area contributed by atoms with Crippen LogP contribution in [0, 0.1) is 17.3 Å². The van der Waals surface area contributed by atoms with Crippen molar-refractivity contribution in [3.05, 3.63) is 12.2 Å². The Morgan fingerprint density at radius 3 is 2.92 bits per heavy atom. The van der Waals surface area contributed by atoms with Crippen LogP contribution in [-0.2, 0) is 4.79 Å². The van der Waals surface area contributed by atoms with Crippen LogP contribution in [0.1, 0.15) is 33.1 Å². The third-order valence-electron chi connectivity index (χ3n) is 3.87. The molecule has 0 aromatic carbocycles. The second-order valence-corrected chi connectivity index (χ2v) is 4.38. The van der Waals surface area contributed by atoms with E-state index in [0.717, 1.165) is 12.8 Å². The molecule has 0 N–H and O–H groups in total. The highest BCUT2D eigenvalue weighted by Gasteiger charge is 2.47. The van der Waals surface area contributed by atoms with Gasteiger partial charge in [-0.1, -0.05) is 26.0 Å². The molecule has 0 unspecified atom stereocenters. The highest BCUT2D eigenvalue weighted by atomic mass is 16.1. The number of hydrogen-bond acceptors (Lipinski definition) is 1. The molecule has 3 atom stereocenters. The van der Waals surface area contributed by atoms with Crippen LogP contribution in [0.2, 0.25) is 0 Å². The summed E-state index contributed by atoms with van der Waals surface area (Å²) in [7, 11) is 0. The maximum absolute atomic E-state index is 11.8. The average Bonchev–Trinajstić information content (AvgIpc) is 2.33. The minimum atomic E-state index is -0.0434. The maximum atomic E-state index is 11.8. The molecule has 1 nitrogen and oxygen atoms in total. The van der Waals surface area contributed by atoms with Crippen molar-refractivity contribution in [1.82, 2.24) is 0 Å². The van der Waals surface area contributed by atoms with Crippen LogP contribution in [0.25, 0.3) is 0 Å². The number of ketones is 1. The van der Waals surface area contributed by atoms with Crippen LogP contribution in [0.4, 0.5) is 0 Å². The molecule has 1 heteroatoms. The van der Waals surface area contributed by atoms with Gasteiger partial charge in [-0.05, 0) is 24.7 Å². The first-order chi connectivity index (χ1) is 5.65. The molecule has 66 valence electrons. The van der Waals surface area contributed by atoms with E-state index >= 15 is 0 Å². The molecule has 0 saturated heterocycles. The van der Waals surface area contributed by atoms with Gasteiger partial charge < -0.3 is 0 Å². The monoisotopic (exact) mass is 164 g/mol. The molecule has 0 spiro atoms. The Morgan fingerprint density at radius 2 is 2.25 bits per heavy atom. The second-order valence-electron chi connectivity index (χ2n) is 4.38. The zero-order valence-electron chi connectivity index (χ0n) is 7.84. The summed E-state index contributed by atoms with van der Waals surface area (Å²) in [6, 6.07) is 0. The lowest BCUT2D eigenvalue weighted by Crippen LogP contribution is -2.39. The predicted octanol–water partition coefficient (Wildman–Crippen LogP) is 2.57. The van der Waals surface area contributed by atoms with Gasteiger partial charge in [0.05, 0.1) is 0 Å². The Bertz CT molecular complexity index is 241. The molecule has 0 bridgehead atoms. The summed E-state index contributed by atoms with van der Waals surface area (Å²) < 4.78 is 0. The Morgan fingerprint density at radius 1 is 1.50 bits per heavy atom. The number of carbonyl (C=O) groups is 1. The first-order valence-corrected chi connectivity index (χ1v) is 4.87. The van der Waals surface area contributed by atoms with Crippen LogP contribution in [-0.4, -0.2) is 5.78 Å². The van der Waals surface area contributed by atoms with Gasteiger partial charge in [-0.3, -0.25) is 4.79 Å². The fourth-order valence-corrected chi connectivity index (χ4v) is 2.65. The van der Waals surface area contributed by atoms with Crippen molar-refractivity contribution < 1.29 is 4.79 Å². The van der Waals surface area contributed by atoms with Gasteiger partial charge in [-0.15, -0.1) is 0 Å². The fourth-order valence-electron chi connectivity index (χ4n) is 2.65. The quantitative estimate of drug-likeness (QED) is 0.503. The largest absolute Gasteiger partial charge is 0.299 e. The Hall–Kier alpha value is -0.590. The van der Waals surface area contributed by atoms with E-state index in [9.17, 15) is 4.79 Å². The van der Waals surface area contributed by atoms with Crippen LogP contribution in [0.15, 0.2) is 12.2 Å². The summed E-state index contributed by atoms with van der Waals surface area (Å²) in [6.07, 6.45) is 7.58. The molecule has 0 radical (unpaired) electrons. The van der Waals surface area contributed by atoms with Gasteiger partial charge in [0.1, 0.15) is 5.78 Å². The summed E-state index contributed by atoms with van der Waals surface area (Å²) in [5.74, 6) is 1.47. The van der Waals surface area contributed by atoms with E-state index in [2.05, 4.69) is 26.0 Å². The van der Waals surface area contributed by atoms with Crippen LogP contribution < -0.4 is 0 Å². The normalized spacial score (nSPS) is 46.3. The molecule has 1 fully saturated rings. The third kappa shape index (κ3) is 0.825. The van der Waals surface area contributed by atoms with Crippen molar-refractivity contribution in [3.8, 4) is 0 Å². The Kier molecular flexibility index (Phi) is 1.64. The molecule has 0 aromatic heterocycles. The zero-order valence-corrected chi connectivity index (χ0v) is 7.84. The summed E-state index contributed by atoms with van der Waals surface area (Å²) in [4.78, 5) is 11.8. The standard InChI is InChI=1S/C11H16O/c1-8-6-7-9-4-3-5-10(12)11(8,9)2/h6-9H,3-5H2,1-2H3/t8-,9-,11+/m1/s1. The predicted molar refractivity (Wildman–Crippen MR) is 48.8 cm³/mol. The third-order valence-corrected chi connectivity index (χ3v) is 3.87. The van der Waals surface area contributed by atoms with Crippen LogP contribution >= 0.6 is 0 Å².